The molecule has 3 rings (SSSR count). The Hall–Kier alpha value is -3.75. The summed E-state index contributed by atoms with van der Waals surface area (Å²) in [5.74, 6) is -1.11. The molecule has 0 fully saturated rings. The van der Waals surface area contributed by atoms with Gasteiger partial charge in [0.25, 0.3) is 17.4 Å². The van der Waals surface area contributed by atoms with Crippen LogP contribution in [0.2, 0.25) is 0 Å². The van der Waals surface area contributed by atoms with E-state index < -0.39 is 17.4 Å². The Bertz CT molecular complexity index is 1030. The molecule has 1 aromatic carbocycles. The Labute approximate surface area is 147 Å². The lowest BCUT2D eigenvalue weighted by molar-refractivity contribution is 0.0841. The molecule has 0 aliphatic rings. The van der Waals surface area contributed by atoms with E-state index in [-0.39, 0.29) is 17.1 Å². The number of ether oxygens (including phenoxy) is 1. The van der Waals surface area contributed by atoms with Gasteiger partial charge in [0.2, 0.25) is 5.88 Å². The lowest BCUT2D eigenvalue weighted by atomic mass is 10.1. The molecule has 3 aromatic rings. The van der Waals surface area contributed by atoms with Crippen molar-refractivity contribution in [2.24, 2.45) is 0 Å². The van der Waals surface area contributed by atoms with Crippen LogP contribution in [0.3, 0.4) is 0 Å². The molecule has 2 amide bonds. The van der Waals surface area contributed by atoms with Crippen LogP contribution >= 0.6 is 0 Å². The molecule has 26 heavy (non-hydrogen) atoms. The van der Waals surface area contributed by atoms with E-state index in [2.05, 4.69) is 26.0 Å². The van der Waals surface area contributed by atoms with Gasteiger partial charge in [0.15, 0.2) is 5.69 Å². The topological polar surface area (TPSA) is 126 Å². The van der Waals surface area contributed by atoms with Gasteiger partial charge in [-0.1, -0.05) is 18.2 Å². The predicted octanol–water partition coefficient (Wildman–Crippen LogP) is 0.792. The molecule has 132 valence electrons. The van der Waals surface area contributed by atoms with E-state index in [4.69, 9.17) is 4.74 Å². The highest BCUT2D eigenvalue weighted by molar-refractivity contribution is 6.06. The number of fused-ring (bicyclic) bond motifs is 1. The molecule has 9 heteroatoms. The van der Waals surface area contributed by atoms with Crippen molar-refractivity contribution in [3.8, 4) is 5.88 Å². The first-order chi connectivity index (χ1) is 12.6. The fourth-order valence-corrected chi connectivity index (χ4v) is 2.34. The number of aromatic amines is 1. The number of rotatable bonds is 4. The molecule has 0 bridgehead atoms. The molecule has 0 radical (unpaired) electrons. The molecule has 0 spiro atoms. The van der Waals surface area contributed by atoms with Crippen LogP contribution in [-0.4, -0.2) is 33.6 Å². The number of hydrogen-bond donors (Lipinski definition) is 3. The van der Waals surface area contributed by atoms with Crippen molar-refractivity contribution in [3.63, 3.8) is 0 Å². The molecular weight excluding hydrogens is 338 g/mol. The minimum Gasteiger partial charge on any atom is -0.477 e. The summed E-state index contributed by atoms with van der Waals surface area (Å²) in [5, 5.41) is 6.72. The van der Waals surface area contributed by atoms with Gasteiger partial charge in [0.1, 0.15) is 5.56 Å². The van der Waals surface area contributed by atoms with E-state index in [1.54, 1.807) is 37.3 Å². The lowest BCUT2D eigenvalue weighted by Gasteiger charge is -2.10. The number of nitrogens with zero attached hydrogens (tertiary/aromatic N) is 2. The van der Waals surface area contributed by atoms with E-state index in [1.165, 1.54) is 12.3 Å². The summed E-state index contributed by atoms with van der Waals surface area (Å²) < 4.78 is 5.28. The maximum atomic E-state index is 12.4. The molecule has 3 N–H and O–H groups in total. The Morgan fingerprint density at radius 2 is 1.81 bits per heavy atom. The smallest absolute Gasteiger partial charge is 0.290 e. The second kappa shape index (κ2) is 7.43. The molecule has 0 saturated carbocycles. The van der Waals surface area contributed by atoms with E-state index in [0.717, 1.165) is 0 Å². The van der Waals surface area contributed by atoms with Crippen molar-refractivity contribution < 1.29 is 14.3 Å². The lowest BCUT2D eigenvalue weighted by Crippen LogP contribution is -2.42. The first-order valence-corrected chi connectivity index (χ1v) is 7.77. The van der Waals surface area contributed by atoms with Crippen LogP contribution in [0.25, 0.3) is 10.8 Å². The molecule has 0 unspecified atom stereocenters. The molecular formula is C17H15N5O4. The highest BCUT2D eigenvalue weighted by Crippen LogP contribution is 2.14. The number of H-pyrrole nitrogens is 1. The largest absolute Gasteiger partial charge is 0.477 e. The van der Waals surface area contributed by atoms with Gasteiger partial charge in [-0.25, -0.2) is 10.1 Å². The van der Waals surface area contributed by atoms with Gasteiger partial charge in [-0.3, -0.25) is 25.2 Å². The quantitative estimate of drug-likeness (QED) is 0.595. The summed E-state index contributed by atoms with van der Waals surface area (Å²) in [6.07, 6.45) is 1.50. The van der Waals surface area contributed by atoms with E-state index >= 15 is 0 Å². The van der Waals surface area contributed by atoms with Crippen LogP contribution in [-0.2, 0) is 0 Å². The third-order valence-electron chi connectivity index (χ3n) is 3.50. The minimum absolute atomic E-state index is 0.0169. The van der Waals surface area contributed by atoms with Crippen molar-refractivity contribution in [2.75, 3.05) is 6.61 Å². The van der Waals surface area contributed by atoms with Crippen LogP contribution in [0.15, 0.2) is 47.4 Å². The van der Waals surface area contributed by atoms with E-state index in [0.29, 0.717) is 17.4 Å². The third kappa shape index (κ3) is 3.36. The fourth-order valence-electron chi connectivity index (χ4n) is 2.34. The standard InChI is InChI=1S/C17H15N5O4/c1-2-26-17-12(8-5-9-18-17)15(24)21-22-16(25)13-10-6-3-4-7-11(10)14(23)20-19-13/h3-9H,2H2,1H3,(H,20,23)(H,21,24)(H,22,25). The van der Waals surface area contributed by atoms with Crippen LogP contribution in [0, 0.1) is 0 Å². The first kappa shape index (κ1) is 17.1. The normalized spacial score (nSPS) is 10.3. The Balaban J connectivity index is 1.79. The summed E-state index contributed by atoms with van der Waals surface area (Å²) in [4.78, 5) is 40.4. The van der Waals surface area contributed by atoms with Gasteiger partial charge >= 0.3 is 0 Å². The van der Waals surface area contributed by atoms with Crippen molar-refractivity contribution in [1.29, 1.82) is 0 Å². The van der Waals surface area contributed by atoms with Crippen LogP contribution in [0.1, 0.15) is 27.8 Å². The van der Waals surface area contributed by atoms with Gasteiger partial charge in [-0.2, -0.15) is 5.10 Å². The van der Waals surface area contributed by atoms with Crippen molar-refractivity contribution in [3.05, 3.63) is 64.2 Å². The average Bonchev–Trinajstić information content (AvgIpc) is 2.67. The zero-order valence-electron chi connectivity index (χ0n) is 13.8. The van der Waals surface area contributed by atoms with Gasteiger partial charge in [0, 0.05) is 11.6 Å². The second-order valence-corrected chi connectivity index (χ2v) is 5.14. The van der Waals surface area contributed by atoms with Crippen molar-refractivity contribution in [1.82, 2.24) is 26.0 Å². The summed E-state index contributed by atoms with van der Waals surface area (Å²) >= 11 is 0. The van der Waals surface area contributed by atoms with E-state index in [1.807, 2.05) is 0 Å². The number of hydrazine groups is 1. The van der Waals surface area contributed by atoms with Crippen molar-refractivity contribution in [2.45, 2.75) is 6.92 Å². The Kier molecular flexibility index (Phi) is 4.88. The first-order valence-electron chi connectivity index (χ1n) is 7.77. The van der Waals surface area contributed by atoms with E-state index in [9.17, 15) is 14.4 Å². The Morgan fingerprint density at radius 1 is 1.08 bits per heavy atom. The van der Waals surface area contributed by atoms with Crippen molar-refractivity contribution >= 4 is 22.6 Å². The third-order valence-corrected chi connectivity index (χ3v) is 3.50. The van der Waals surface area contributed by atoms with Gasteiger partial charge in [0.05, 0.1) is 12.0 Å². The summed E-state index contributed by atoms with van der Waals surface area (Å²) in [7, 11) is 0. The minimum atomic E-state index is -0.673. The molecule has 0 aliphatic heterocycles. The van der Waals surface area contributed by atoms with Crippen LogP contribution in [0.5, 0.6) is 5.88 Å². The SMILES string of the molecule is CCOc1ncccc1C(=O)NNC(=O)c1n[nH]c(=O)c2ccccc12. The molecule has 2 aromatic heterocycles. The zero-order valence-corrected chi connectivity index (χ0v) is 13.8. The van der Waals surface area contributed by atoms with Gasteiger partial charge in [-0.05, 0) is 25.1 Å². The highest BCUT2D eigenvalue weighted by atomic mass is 16.5. The molecule has 9 nitrogen and oxygen atoms in total. The highest BCUT2D eigenvalue weighted by Gasteiger charge is 2.17. The maximum absolute atomic E-state index is 12.4. The average molecular weight is 353 g/mol. The summed E-state index contributed by atoms with van der Waals surface area (Å²) in [5.41, 5.74) is 4.31. The number of carbonyl (C=O) groups is 2. The monoisotopic (exact) mass is 353 g/mol. The number of aromatic nitrogens is 3. The number of nitrogens with one attached hydrogen (secondary N) is 3. The summed E-state index contributed by atoms with van der Waals surface area (Å²) in [6, 6.07) is 9.64. The number of hydrogen-bond acceptors (Lipinski definition) is 6. The molecule has 0 saturated heterocycles. The van der Waals surface area contributed by atoms with Gasteiger partial charge in [-0.15, -0.1) is 0 Å². The number of benzene rings is 1. The predicted molar refractivity (Wildman–Crippen MR) is 92.7 cm³/mol. The molecule has 2 heterocycles. The fraction of sp³-hybridized carbons (Fsp3) is 0.118. The van der Waals surface area contributed by atoms with Crippen LogP contribution in [0.4, 0.5) is 0 Å². The second-order valence-electron chi connectivity index (χ2n) is 5.14. The summed E-state index contributed by atoms with van der Waals surface area (Å²) in [6.45, 7) is 2.11. The van der Waals surface area contributed by atoms with Crippen LogP contribution < -0.4 is 21.1 Å². The molecule has 0 aliphatic carbocycles. The number of pyridine rings is 1. The Morgan fingerprint density at radius 3 is 2.58 bits per heavy atom. The maximum Gasteiger partial charge on any atom is 0.290 e. The number of amides is 2. The number of carbonyl (C=O) groups excluding carboxylic acids is 2. The van der Waals surface area contributed by atoms with Gasteiger partial charge < -0.3 is 4.74 Å². The zero-order chi connectivity index (χ0) is 18.5. The molecule has 0 atom stereocenters.